The van der Waals surface area contributed by atoms with Crippen LogP contribution in [0.1, 0.15) is 5.56 Å². The fraction of sp³-hybridized carbons (Fsp3) is 0.385. The third-order valence-corrected chi connectivity index (χ3v) is 3.17. The van der Waals surface area contributed by atoms with E-state index in [0.717, 1.165) is 24.4 Å². The van der Waals surface area contributed by atoms with Gasteiger partial charge < -0.3 is 15.8 Å². The van der Waals surface area contributed by atoms with Crippen molar-refractivity contribution in [2.24, 2.45) is 5.73 Å². The van der Waals surface area contributed by atoms with E-state index in [9.17, 15) is 4.79 Å². The molecular formula is C13H17N3O2S. The van der Waals surface area contributed by atoms with Gasteiger partial charge in [-0.05, 0) is 24.3 Å². The second kappa shape index (κ2) is 6.49. The number of nitrogens with zero attached hydrogens (tertiary/aromatic N) is 1. The summed E-state index contributed by atoms with van der Waals surface area (Å²) < 4.78 is 5.62. The van der Waals surface area contributed by atoms with Crippen molar-refractivity contribution in [3.63, 3.8) is 0 Å². The van der Waals surface area contributed by atoms with Gasteiger partial charge in [0.2, 0.25) is 5.91 Å². The minimum Gasteiger partial charge on any atom is -0.492 e. The van der Waals surface area contributed by atoms with Crippen molar-refractivity contribution in [1.82, 2.24) is 10.2 Å². The van der Waals surface area contributed by atoms with Gasteiger partial charge >= 0.3 is 0 Å². The fourth-order valence-corrected chi connectivity index (χ4v) is 2.03. The predicted octanol–water partition coefficient (Wildman–Crippen LogP) is 0.131. The van der Waals surface area contributed by atoms with Crippen molar-refractivity contribution in [3.05, 3.63) is 29.8 Å². The van der Waals surface area contributed by atoms with Crippen LogP contribution in [0.5, 0.6) is 5.75 Å². The Balaban J connectivity index is 1.76. The highest BCUT2D eigenvalue weighted by Gasteiger charge is 2.15. The molecule has 0 bridgehead atoms. The number of carbonyl (C=O) groups excluding carboxylic acids is 1. The molecule has 19 heavy (non-hydrogen) atoms. The monoisotopic (exact) mass is 279 g/mol. The van der Waals surface area contributed by atoms with Crippen molar-refractivity contribution in [2.75, 3.05) is 32.8 Å². The highest BCUT2D eigenvalue weighted by atomic mass is 32.1. The normalized spacial score (nSPS) is 15.9. The lowest BCUT2D eigenvalue weighted by Gasteiger charge is -2.26. The smallest absolute Gasteiger partial charge is 0.234 e. The topological polar surface area (TPSA) is 67.6 Å². The van der Waals surface area contributed by atoms with Gasteiger partial charge in [-0.15, -0.1) is 0 Å². The van der Waals surface area contributed by atoms with Crippen molar-refractivity contribution in [3.8, 4) is 5.75 Å². The van der Waals surface area contributed by atoms with Crippen LogP contribution < -0.4 is 15.8 Å². The molecule has 1 saturated heterocycles. The largest absolute Gasteiger partial charge is 0.492 e. The molecule has 5 nitrogen and oxygen atoms in total. The second-order valence-corrected chi connectivity index (χ2v) is 4.80. The Labute approximate surface area is 117 Å². The lowest BCUT2D eigenvalue weighted by Crippen LogP contribution is -2.48. The van der Waals surface area contributed by atoms with Crippen LogP contribution in [0.2, 0.25) is 0 Å². The number of nitrogens with two attached hydrogens (primary N) is 1. The summed E-state index contributed by atoms with van der Waals surface area (Å²) in [6, 6.07) is 7.37. The molecule has 0 saturated carbocycles. The summed E-state index contributed by atoms with van der Waals surface area (Å²) in [7, 11) is 0. The first-order valence-corrected chi connectivity index (χ1v) is 6.58. The highest BCUT2D eigenvalue weighted by molar-refractivity contribution is 7.80. The minimum atomic E-state index is 0.0760. The Morgan fingerprint density at radius 3 is 2.79 bits per heavy atom. The van der Waals surface area contributed by atoms with E-state index in [-0.39, 0.29) is 5.91 Å². The third kappa shape index (κ3) is 4.18. The number of carbonyl (C=O) groups is 1. The number of benzene rings is 1. The summed E-state index contributed by atoms with van der Waals surface area (Å²) in [5, 5.41) is 2.79. The lowest BCUT2D eigenvalue weighted by atomic mass is 10.2. The number of thiocarbonyl (C=S) groups is 1. The quantitative estimate of drug-likeness (QED) is 0.750. The van der Waals surface area contributed by atoms with Crippen LogP contribution in [0.4, 0.5) is 0 Å². The number of hydrogen-bond acceptors (Lipinski definition) is 4. The first-order valence-electron chi connectivity index (χ1n) is 6.17. The minimum absolute atomic E-state index is 0.0760. The molecule has 1 amide bonds. The van der Waals surface area contributed by atoms with Gasteiger partial charge in [0.05, 0.1) is 6.54 Å². The molecule has 0 atom stereocenters. The van der Waals surface area contributed by atoms with Gasteiger partial charge in [-0.3, -0.25) is 9.69 Å². The molecular weight excluding hydrogens is 262 g/mol. The molecule has 102 valence electrons. The Kier molecular flexibility index (Phi) is 4.70. The van der Waals surface area contributed by atoms with Crippen molar-refractivity contribution in [1.29, 1.82) is 0 Å². The van der Waals surface area contributed by atoms with Crippen LogP contribution in [0.25, 0.3) is 0 Å². The van der Waals surface area contributed by atoms with E-state index in [4.69, 9.17) is 22.7 Å². The Morgan fingerprint density at radius 2 is 2.16 bits per heavy atom. The number of piperazine rings is 1. The average molecular weight is 279 g/mol. The van der Waals surface area contributed by atoms with Gasteiger partial charge in [-0.1, -0.05) is 12.2 Å². The van der Waals surface area contributed by atoms with Gasteiger partial charge in [0, 0.05) is 25.2 Å². The number of nitrogens with one attached hydrogen (secondary N) is 1. The summed E-state index contributed by atoms with van der Waals surface area (Å²) in [5.74, 6) is 0.855. The number of rotatable bonds is 5. The first kappa shape index (κ1) is 13.8. The van der Waals surface area contributed by atoms with Gasteiger partial charge in [-0.25, -0.2) is 0 Å². The molecule has 0 aliphatic carbocycles. The second-order valence-electron chi connectivity index (χ2n) is 4.36. The van der Waals surface area contributed by atoms with E-state index in [1.54, 1.807) is 0 Å². The number of ether oxygens (including phenoxy) is 1. The SMILES string of the molecule is NC(=S)c1ccc(OCCN2CCNC(=O)C2)cc1. The molecule has 3 N–H and O–H groups in total. The molecule has 1 fully saturated rings. The summed E-state index contributed by atoms with van der Waals surface area (Å²) in [4.78, 5) is 13.6. The van der Waals surface area contributed by atoms with Gasteiger partial charge in [0.25, 0.3) is 0 Å². The van der Waals surface area contributed by atoms with E-state index < -0.39 is 0 Å². The summed E-state index contributed by atoms with van der Waals surface area (Å²) >= 11 is 4.88. The Morgan fingerprint density at radius 1 is 1.42 bits per heavy atom. The molecule has 1 heterocycles. The summed E-state index contributed by atoms with van der Waals surface area (Å²) in [6.07, 6.45) is 0. The molecule has 2 rings (SSSR count). The molecule has 1 aromatic rings. The van der Waals surface area contributed by atoms with Gasteiger partial charge in [0.1, 0.15) is 17.3 Å². The van der Waals surface area contributed by atoms with Crippen LogP contribution in [0, 0.1) is 0 Å². The van der Waals surface area contributed by atoms with Gasteiger partial charge in [-0.2, -0.15) is 0 Å². The molecule has 0 spiro atoms. The van der Waals surface area contributed by atoms with E-state index in [0.29, 0.717) is 24.7 Å². The van der Waals surface area contributed by atoms with Crippen molar-refractivity contribution >= 4 is 23.1 Å². The summed E-state index contributed by atoms with van der Waals surface area (Å²) in [5.41, 5.74) is 6.35. The van der Waals surface area contributed by atoms with E-state index in [1.165, 1.54) is 0 Å². The molecule has 0 radical (unpaired) electrons. The maximum Gasteiger partial charge on any atom is 0.234 e. The molecule has 1 aromatic carbocycles. The van der Waals surface area contributed by atoms with Gasteiger partial charge in [0.15, 0.2) is 0 Å². The predicted molar refractivity (Wildman–Crippen MR) is 77.3 cm³/mol. The summed E-state index contributed by atoms with van der Waals surface area (Å²) in [6.45, 7) is 3.32. The first-order chi connectivity index (χ1) is 9.15. The van der Waals surface area contributed by atoms with Crippen molar-refractivity contribution < 1.29 is 9.53 Å². The van der Waals surface area contributed by atoms with Crippen LogP contribution in [-0.4, -0.2) is 48.6 Å². The maximum absolute atomic E-state index is 11.2. The zero-order valence-corrected chi connectivity index (χ0v) is 11.4. The molecule has 1 aliphatic heterocycles. The highest BCUT2D eigenvalue weighted by Crippen LogP contribution is 2.12. The van der Waals surface area contributed by atoms with E-state index in [1.807, 2.05) is 24.3 Å². The average Bonchev–Trinajstić information content (AvgIpc) is 2.39. The zero-order valence-electron chi connectivity index (χ0n) is 10.6. The van der Waals surface area contributed by atoms with Crippen LogP contribution in [0.15, 0.2) is 24.3 Å². The Hall–Kier alpha value is -1.66. The number of amides is 1. The van der Waals surface area contributed by atoms with E-state index in [2.05, 4.69) is 10.2 Å². The zero-order chi connectivity index (χ0) is 13.7. The standard InChI is InChI=1S/C13H17N3O2S/c14-13(19)10-1-3-11(4-2-10)18-8-7-16-6-5-15-12(17)9-16/h1-4H,5-9H2,(H2,14,19)(H,15,17). The maximum atomic E-state index is 11.2. The number of hydrogen-bond donors (Lipinski definition) is 2. The molecule has 6 heteroatoms. The molecule has 0 aromatic heterocycles. The molecule has 0 unspecified atom stereocenters. The van der Waals surface area contributed by atoms with Crippen LogP contribution in [-0.2, 0) is 4.79 Å². The van der Waals surface area contributed by atoms with Crippen LogP contribution >= 0.6 is 12.2 Å². The van der Waals surface area contributed by atoms with Crippen LogP contribution in [0.3, 0.4) is 0 Å². The van der Waals surface area contributed by atoms with E-state index >= 15 is 0 Å². The lowest BCUT2D eigenvalue weighted by molar-refractivity contribution is -0.124. The fourth-order valence-electron chi connectivity index (χ4n) is 1.89. The third-order valence-electron chi connectivity index (χ3n) is 2.93. The van der Waals surface area contributed by atoms with Crippen molar-refractivity contribution in [2.45, 2.75) is 0 Å². The Bertz CT molecular complexity index is 461. The molecule has 1 aliphatic rings.